The van der Waals surface area contributed by atoms with E-state index in [0.29, 0.717) is 25.4 Å². The lowest BCUT2D eigenvalue weighted by Gasteiger charge is -2.34. The number of nitrogens with zero attached hydrogens (tertiary/aromatic N) is 4. The van der Waals surface area contributed by atoms with Gasteiger partial charge in [-0.05, 0) is 30.7 Å². The third-order valence-corrected chi connectivity index (χ3v) is 5.60. The standard InChI is InChI=1S/C21H29N5O3/c1-16-12-19(23-22-16)21(28)26-9-11-29-20-3-2-17(13-18(20)15-26)14-25-6-4-24(5-7-25)8-10-27/h2-3,12-13,27H,4-11,14-15H2,1H3,(H,22,23). The van der Waals surface area contributed by atoms with E-state index in [2.05, 4.69) is 32.1 Å². The third kappa shape index (κ3) is 4.77. The van der Waals surface area contributed by atoms with Gasteiger partial charge in [0.15, 0.2) is 0 Å². The van der Waals surface area contributed by atoms with Crippen LogP contribution in [-0.4, -0.2) is 88.4 Å². The number of aromatic nitrogens is 2. The Hall–Kier alpha value is -2.42. The number of H-pyrrole nitrogens is 1. The second-order valence-electron chi connectivity index (χ2n) is 7.79. The summed E-state index contributed by atoms with van der Waals surface area (Å²) in [6.45, 7) is 9.26. The zero-order valence-corrected chi connectivity index (χ0v) is 16.9. The summed E-state index contributed by atoms with van der Waals surface area (Å²) >= 11 is 0. The van der Waals surface area contributed by atoms with E-state index in [4.69, 9.17) is 9.84 Å². The maximum absolute atomic E-state index is 12.8. The van der Waals surface area contributed by atoms with Gasteiger partial charge in [0.05, 0.1) is 13.2 Å². The van der Waals surface area contributed by atoms with E-state index in [0.717, 1.165) is 56.3 Å². The van der Waals surface area contributed by atoms with Crippen LogP contribution in [0, 0.1) is 6.92 Å². The molecule has 4 rings (SSSR count). The van der Waals surface area contributed by atoms with Crippen LogP contribution in [0.15, 0.2) is 24.3 Å². The largest absolute Gasteiger partial charge is 0.491 e. The third-order valence-electron chi connectivity index (χ3n) is 5.60. The van der Waals surface area contributed by atoms with E-state index >= 15 is 0 Å². The second-order valence-corrected chi connectivity index (χ2v) is 7.79. The number of carbonyl (C=O) groups excluding carboxylic acids is 1. The van der Waals surface area contributed by atoms with Crippen molar-refractivity contribution in [3.05, 3.63) is 46.8 Å². The van der Waals surface area contributed by atoms with Crippen molar-refractivity contribution in [2.24, 2.45) is 0 Å². The quantitative estimate of drug-likeness (QED) is 0.776. The van der Waals surface area contributed by atoms with Gasteiger partial charge in [-0.3, -0.25) is 19.7 Å². The number of carbonyl (C=O) groups is 1. The summed E-state index contributed by atoms with van der Waals surface area (Å²) in [4.78, 5) is 19.3. The topological polar surface area (TPSA) is 84.9 Å². The van der Waals surface area contributed by atoms with E-state index in [1.54, 1.807) is 11.0 Å². The minimum atomic E-state index is -0.0730. The van der Waals surface area contributed by atoms with Crippen LogP contribution in [0.3, 0.4) is 0 Å². The maximum Gasteiger partial charge on any atom is 0.274 e. The first-order valence-electron chi connectivity index (χ1n) is 10.2. The lowest BCUT2D eigenvalue weighted by molar-refractivity contribution is 0.0727. The number of hydrogen-bond acceptors (Lipinski definition) is 6. The smallest absolute Gasteiger partial charge is 0.274 e. The number of aliphatic hydroxyl groups excluding tert-OH is 1. The molecule has 3 heterocycles. The Morgan fingerprint density at radius 3 is 2.69 bits per heavy atom. The average Bonchev–Trinajstić information content (AvgIpc) is 3.04. The molecule has 1 amide bonds. The lowest BCUT2D eigenvalue weighted by Crippen LogP contribution is -2.46. The fourth-order valence-electron chi connectivity index (χ4n) is 3.98. The van der Waals surface area contributed by atoms with E-state index in [9.17, 15) is 4.79 Å². The number of aryl methyl sites for hydroxylation is 1. The highest BCUT2D eigenvalue weighted by atomic mass is 16.5. The predicted octanol–water partition coefficient (Wildman–Crippen LogP) is 0.863. The minimum Gasteiger partial charge on any atom is -0.491 e. The van der Waals surface area contributed by atoms with Crippen LogP contribution in [0.5, 0.6) is 5.75 Å². The molecule has 156 valence electrons. The average molecular weight is 399 g/mol. The van der Waals surface area contributed by atoms with Crippen LogP contribution >= 0.6 is 0 Å². The minimum absolute atomic E-state index is 0.0730. The Bertz CT molecular complexity index is 845. The number of β-amino-alcohol motifs (C(OH)–C–C–N with tert-alkyl or cyclic N) is 1. The summed E-state index contributed by atoms with van der Waals surface area (Å²) in [5.41, 5.74) is 3.59. The van der Waals surface area contributed by atoms with Crippen molar-refractivity contribution in [3.63, 3.8) is 0 Å². The normalized spacial score (nSPS) is 18.2. The molecule has 29 heavy (non-hydrogen) atoms. The molecule has 2 aliphatic rings. The molecule has 0 radical (unpaired) electrons. The summed E-state index contributed by atoms with van der Waals surface area (Å²) in [6.07, 6.45) is 0. The molecule has 8 nitrogen and oxygen atoms in total. The molecular formula is C21H29N5O3. The molecule has 8 heteroatoms. The number of rotatable bonds is 5. The Morgan fingerprint density at radius 1 is 1.17 bits per heavy atom. The Labute approximate surface area is 171 Å². The van der Waals surface area contributed by atoms with E-state index in [1.807, 2.05) is 13.0 Å². The number of hydrogen-bond donors (Lipinski definition) is 2. The molecule has 2 N–H and O–H groups in total. The Balaban J connectivity index is 1.42. The van der Waals surface area contributed by atoms with Crippen molar-refractivity contribution < 1.29 is 14.6 Å². The zero-order chi connectivity index (χ0) is 20.2. The van der Waals surface area contributed by atoms with Crippen LogP contribution in [0.1, 0.15) is 27.3 Å². The van der Waals surface area contributed by atoms with Gasteiger partial charge < -0.3 is 14.7 Å². The zero-order valence-electron chi connectivity index (χ0n) is 16.9. The van der Waals surface area contributed by atoms with Gasteiger partial charge in [0.1, 0.15) is 18.1 Å². The Morgan fingerprint density at radius 2 is 1.97 bits per heavy atom. The van der Waals surface area contributed by atoms with Crippen LogP contribution in [0.25, 0.3) is 0 Å². The fraction of sp³-hybridized carbons (Fsp3) is 0.524. The van der Waals surface area contributed by atoms with Gasteiger partial charge in [-0.25, -0.2) is 0 Å². The number of benzene rings is 1. The highest BCUT2D eigenvalue weighted by Crippen LogP contribution is 2.26. The van der Waals surface area contributed by atoms with E-state index in [1.165, 1.54) is 5.56 Å². The molecule has 1 aromatic carbocycles. The number of piperazine rings is 1. The highest BCUT2D eigenvalue weighted by molar-refractivity contribution is 5.92. The van der Waals surface area contributed by atoms with Crippen molar-refractivity contribution in [1.82, 2.24) is 24.9 Å². The summed E-state index contributed by atoms with van der Waals surface area (Å²) in [5.74, 6) is 0.784. The number of amides is 1. The number of nitrogens with one attached hydrogen (secondary N) is 1. The molecule has 0 spiro atoms. The monoisotopic (exact) mass is 399 g/mol. The molecule has 0 unspecified atom stereocenters. The van der Waals surface area contributed by atoms with Gasteiger partial charge >= 0.3 is 0 Å². The molecule has 2 aromatic rings. The van der Waals surface area contributed by atoms with Crippen LogP contribution in [-0.2, 0) is 13.1 Å². The maximum atomic E-state index is 12.8. The fourth-order valence-corrected chi connectivity index (χ4v) is 3.98. The highest BCUT2D eigenvalue weighted by Gasteiger charge is 2.23. The number of ether oxygens (including phenoxy) is 1. The summed E-state index contributed by atoms with van der Waals surface area (Å²) < 4.78 is 5.89. The Kier molecular flexibility index (Phi) is 6.13. The van der Waals surface area contributed by atoms with Crippen LogP contribution < -0.4 is 4.74 Å². The predicted molar refractivity (Wildman–Crippen MR) is 109 cm³/mol. The van der Waals surface area contributed by atoms with Crippen molar-refractivity contribution in [1.29, 1.82) is 0 Å². The number of fused-ring (bicyclic) bond motifs is 1. The molecule has 1 fully saturated rings. The van der Waals surface area contributed by atoms with Crippen molar-refractivity contribution >= 4 is 5.91 Å². The van der Waals surface area contributed by atoms with Gasteiger partial charge in [-0.15, -0.1) is 0 Å². The first-order valence-corrected chi connectivity index (χ1v) is 10.2. The first-order chi connectivity index (χ1) is 14.1. The second kappa shape index (κ2) is 8.94. The molecule has 0 atom stereocenters. The summed E-state index contributed by atoms with van der Waals surface area (Å²) in [5, 5.41) is 16.0. The van der Waals surface area contributed by atoms with Crippen molar-refractivity contribution in [3.8, 4) is 5.75 Å². The summed E-state index contributed by atoms with van der Waals surface area (Å²) in [7, 11) is 0. The molecule has 0 saturated carbocycles. The van der Waals surface area contributed by atoms with Crippen LogP contribution in [0.2, 0.25) is 0 Å². The molecule has 0 aliphatic carbocycles. The van der Waals surface area contributed by atoms with Crippen LogP contribution in [0.4, 0.5) is 0 Å². The van der Waals surface area contributed by atoms with E-state index in [-0.39, 0.29) is 12.5 Å². The molecule has 1 aromatic heterocycles. The molecule has 2 aliphatic heterocycles. The van der Waals surface area contributed by atoms with Gasteiger partial charge in [0, 0.05) is 57.1 Å². The summed E-state index contributed by atoms with van der Waals surface area (Å²) in [6, 6.07) is 8.09. The van der Waals surface area contributed by atoms with Crippen molar-refractivity contribution in [2.75, 3.05) is 52.5 Å². The number of aromatic amines is 1. The SMILES string of the molecule is Cc1cc(C(=O)N2CCOc3ccc(CN4CCN(CCO)CC4)cc3C2)n[nH]1. The lowest BCUT2D eigenvalue weighted by atomic mass is 10.1. The number of aliphatic hydroxyl groups is 1. The van der Waals surface area contributed by atoms with E-state index < -0.39 is 0 Å². The first kappa shape index (κ1) is 19.9. The van der Waals surface area contributed by atoms with Gasteiger partial charge in [-0.2, -0.15) is 5.10 Å². The molecule has 1 saturated heterocycles. The van der Waals surface area contributed by atoms with Gasteiger partial charge in [-0.1, -0.05) is 6.07 Å². The molecule has 0 bridgehead atoms. The molecular weight excluding hydrogens is 370 g/mol. The van der Waals surface area contributed by atoms with Gasteiger partial charge in [0.2, 0.25) is 0 Å². The van der Waals surface area contributed by atoms with Gasteiger partial charge in [0.25, 0.3) is 5.91 Å². The van der Waals surface area contributed by atoms with Crippen molar-refractivity contribution in [2.45, 2.75) is 20.0 Å².